The number of aliphatic hydroxyl groups is 1. The second-order valence-corrected chi connectivity index (χ2v) is 4.44. The molecule has 5 nitrogen and oxygen atoms in total. The molecule has 1 heterocycles. The molecule has 1 atom stereocenters. The summed E-state index contributed by atoms with van der Waals surface area (Å²) in [6.45, 7) is 0. The quantitative estimate of drug-likeness (QED) is 0.911. The Kier molecular flexibility index (Phi) is 4.19. The van der Waals surface area contributed by atoms with Crippen molar-refractivity contribution in [3.05, 3.63) is 39.9 Å². The van der Waals surface area contributed by atoms with Gasteiger partial charge in [-0.15, -0.1) is 0 Å². The third-order valence-electron chi connectivity index (χ3n) is 2.64. The number of hydrogen-bond acceptors (Lipinski definition) is 4. The first-order valence-corrected chi connectivity index (χ1v) is 6.14. The summed E-state index contributed by atoms with van der Waals surface area (Å²) in [4.78, 5) is 6.66. The zero-order chi connectivity index (χ0) is 14.0. The van der Waals surface area contributed by atoms with Crippen molar-refractivity contribution in [1.82, 2.24) is 9.97 Å². The minimum atomic E-state index is -1.09. The van der Waals surface area contributed by atoms with Crippen molar-refractivity contribution in [3.63, 3.8) is 0 Å². The number of aliphatic hydroxyl groups excluding tert-OH is 1. The van der Waals surface area contributed by atoms with Gasteiger partial charge in [-0.1, -0.05) is 29.3 Å². The first-order chi connectivity index (χ1) is 9.08. The van der Waals surface area contributed by atoms with Gasteiger partial charge in [0.15, 0.2) is 5.15 Å². The summed E-state index contributed by atoms with van der Waals surface area (Å²) < 4.78 is 10.4. The average Bonchev–Trinajstić information content (AvgIpc) is 2.76. The van der Waals surface area contributed by atoms with Crippen LogP contribution in [0.1, 0.15) is 17.5 Å². The van der Waals surface area contributed by atoms with Crippen LogP contribution in [-0.4, -0.2) is 29.3 Å². The normalized spacial score (nSPS) is 12.3. The number of ether oxygens (including phenoxy) is 2. The fourth-order valence-electron chi connectivity index (χ4n) is 1.76. The van der Waals surface area contributed by atoms with Crippen LogP contribution in [-0.2, 0) is 0 Å². The predicted molar refractivity (Wildman–Crippen MR) is 72.2 cm³/mol. The summed E-state index contributed by atoms with van der Waals surface area (Å²) >= 11 is 11.5. The number of halogens is 2. The third-order valence-corrected chi connectivity index (χ3v) is 3.28. The van der Waals surface area contributed by atoms with E-state index in [1.165, 1.54) is 14.2 Å². The number of methoxy groups -OCH3 is 2. The number of H-pyrrole nitrogens is 1. The van der Waals surface area contributed by atoms with Gasteiger partial charge in [-0.05, 0) is 12.1 Å². The summed E-state index contributed by atoms with van der Waals surface area (Å²) in [6, 6.07) is 5.19. The van der Waals surface area contributed by atoms with E-state index < -0.39 is 6.10 Å². The van der Waals surface area contributed by atoms with Crippen molar-refractivity contribution in [2.45, 2.75) is 6.10 Å². The van der Waals surface area contributed by atoms with Crippen molar-refractivity contribution < 1.29 is 14.6 Å². The molecule has 1 unspecified atom stereocenters. The van der Waals surface area contributed by atoms with Crippen molar-refractivity contribution in [1.29, 1.82) is 0 Å². The molecule has 0 radical (unpaired) electrons. The van der Waals surface area contributed by atoms with Crippen molar-refractivity contribution in [2.24, 2.45) is 0 Å². The molecule has 2 N–H and O–H groups in total. The predicted octanol–water partition coefficient (Wildman–Crippen LogP) is 2.82. The lowest BCUT2D eigenvalue weighted by molar-refractivity contribution is 0.200. The summed E-state index contributed by atoms with van der Waals surface area (Å²) in [6.07, 6.45) is -1.09. The molecule has 0 aliphatic rings. The lowest BCUT2D eigenvalue weighted by atomic mass is 10.1. The Bertz CT molecular complexity index is 545. The number of nitrogens with zero attached hydrogens (tertiary/aromatic N) is 1. The highest BCUT2D eigenvalue weighted by atomic mass is 35.5. The summed E-state index contributed by atoms with van der Waals surface area (Å²) in [5.74, 6) is 1.18. The second kappa shape index (κ2) is 5.69. The van der Waals surface area contributed by atoms with Gasteiger partial charge in [0.25, 0.3) is 0 Å². The molecular weight excluding hydrogens is 291 g/mol. The number of rotatable bonds is 4. The van der Waals surface area contributed by atoms with E-state index in [0.717, 1.165) is 0 Å². The Labute approximate surface area is 120 Å². The molecular formula is C12H12Cl2N2O3. The highest BCUT2D eigenvalue weighted by Crippen LogP contribution is 2.37. The first kappa shape index (κ1) is 14.0. The van der Waals surface area contributed by atoms with Crippen LogP contribution in [0.25, 0.3) is 0 Å². The molecule has 102 valence electrons. The fraction of sp³-hybridized carbons (Fsp3) is 0.250. The van der Waals surface area contributed by atoms with E-state index in [1.807, 2.05) is 0 Å². The van der Waals surface area contributed by atoms with Crippen LogP contribution in [0.2, 0.25) is 10.3 Å². The average molecular weight is 303 g/mol. The Morgan fingerprint density at radius 3 is 2.21 bits per heavy atom. The monoisotopic (exact) mass is 302 g/mol. The molecule has 0 fully saturated rings. The first-order valence-electron chi connectivity index (χ1n) is 5.38. The Hall–Kier alpha value is -1.43. The van der Waals surface area contributed by atoms with Crippen LogP contribution in [0.3, 0.4) is 0 Å². The van der Waals surface area contributed by atoms with Gasteiger partial charge in [0, 0.05) is 0 Å². The SMILES string of the molecule is COc1cccc(OC)c1C(O)c1nc(Cl)c(Cl)[nH]1. The molecule has 2 rings (SSSR count). The molecule has 0 aliphatic heterocycles. The number of benzene rings is 1. The topological polar surface area (TPSA) is 67.4 Å². The van der Waals surface area contributed by atoms with E-state index in [2.05, 4.69) is 9.97 Å². The Morgan fingerprint density at radius 1 is 1.21 bits per heavy atom. The number of nitrogens with one attached hydrogen (secondary N) is 1. The van der Waals surface area contributed by atoms with Crippen LogP contribution >= 0.6 is 23.2 Å². The van der Waals surface area contributed by atoms with Crippen LogP contribution in [0.5, 0.6) is 11.5 Å². The molecule has 0 bridgehead atoms. The molecule has 2 aromatic rings. The maximum Gasteiger partial charge on any atom is 0.166 e. The van der Waals surface area contributed by atoms with Gasteiger partial charge in [-0.2, -0.15) is 0 Å². The van der Waals surface area contributed by atoms with Crippen molar-refractivity contribution >= 4 is 23.2 Å². The molecule has 0 spiro atoms. The zero-order valence-corrected chi connectivity index (χ0v) is 11.8. The van der Waals surface area contributed by atoms with E-state index in [-0.39, 0.29) is 16.1 Å². The van der Waals surface area contributed by atoms with Gasteiger partial charge >= 0.3 is 0 Å². The number of hydrogen-bond donors (Lipinski definition) is 2. The van der Waals surface area contributed by atoms with Crippen LogP contribution in [0.4, 0.5) is 0 Å². The minimum absolute atomic E-state index is 0.101. The van der Waals surface area contributed by atoms with E-state index in [0.29, 0.717) is 17.1 Å². The van der Waals surface area contributed by atoms with E-state index in [1.54, 1.807) is 18.2 Å². The summed E-state index contributed by atoms with van der Waals surface area (Å²) in [7, 11) is 3.01. The standard InChI is InChI=1S/C12H12Cl2N2O3/c1-18-6-4-3-5-7(19-2)8(6)9(17)12-15-10(13)11(14)16-12/h3-5,9,17H,1-2H3,(H,15,16). The molecule has 7 heteroatoms. The largest absolute Gasteiger partial charge is 0.496 e. The molecule has 1 aromatic carbocycles. The minimum Gasteiger partial charge on any atom is -0.496 e. The number of aromatic amines is 1. The lowest BCUT2D eigenvalue weighted by Gasteiger charge is -2.16. The van der Waals surface area contributed by atoms with Gasteiger partial charge < -0.3 is 19.6 Å². The van der Waals surface area contributed by atoms with Gasteiger partial charge in [0.05, 0.1) is 19.8 Å². The highest BCUT2D eigenvalue weighted by Gasteiger charge is 2.24. The molecule has 0 amide bonds. The zero-order valence-electron chi connectivity index (χ0n) is 10.3. The second-order valence-electron chi connectivity index (χ2n) is 3.71. The molecule has 0 saturated heterocycles. The lowest BCUT2D eigenvalue weighted by Crippen LogP contribution is -2.06. The van der Waals surface area contributed by atoms with Crippen molar-refractivity contribution in [3.8, 4) is 11.5 Å². The molecule has 0 saturated carbocycles. The number of aromatic nitrogens is 2. The van der Waals surface area contributed by atoms with Crippen LogP contribution in [0, 0.1) is 0 Å². The summed E-state index contributed by atoms with van der Waals surface area (Å²) in [5.41, 5.74) is 0.453. The van der Waals surface area contributed by atoms with Gasteiger partial charge in [0.2, 0.25) is 0 Å². The third kappa shape index (κ3) is 2.63. The van der Waals surface area contributed by atoms with E-state index in [9.17, 15) is 5.11 Å². The van der Waals surface area contributed by atoms with Gasteiger partial charge in [0.1, 0.15) is 28.6 Å². The van der Waals surface area contributed by atoms with Crippen LogP contribution in [0.15, 0.2) is 18.2 Å². The maximum absolute atomic E-state index is 10.4. The molecule has 19 heavy (non-hydrogen) atoms. The fourth-order valence-corrected chi connectivity index (χ4v) is 2.04. The highest BCUT2D eigenvalue weighted by molar-refractivity contribution is 6.40. The number of imidazole rings is 1. The Morgan fingerprint density at radius 2 is 1.79 bits per heavy atom. The maximum atomic E-state index is 10.4. The van der Waals surface area contributed by atoms with E-state index >= 15 is 0 Å². The van der Waals surface area contributed by atoms with E-state index in [4.69, 9.17) is 32.7 Å². The van der Waals surface area contributed by atoms with Gasteiger partial charge in [-0.25, -0.2) is 4.98 Å². The van der Waals surface area contributed by atoms with Crippen molar-refractivity contribution in [2.75, 3.05) is 14.2 Å². The van der Waals surface area contributed by atoms with Gasteiger partial charge in [-0.3, -0.25) is 0 Å². The smallest absolute Gasteiger partial charge is 0.166 e. The van der Waals surface area contributed by atoms with Crippen LogP contribution < -0.4 is 9.47 Å². The molecule has 1 aromatic heterocycles. The summed E-state index contributed by atoms with van der Waals surface area (Å²) in [5, 5.41) is 10.7. The Balaban J connectivity index is 2.50. The molecule has 0 aliphatic carbocycles.